The van der Waals surface area contributed by atoms with Crippen molar-refractivity contribution in [2.24, 2.45) is 0 Å². The van der Waals surface area contributed by atoms with Gasteiger partial charge in [-0.1, -0.05) is 42.5 Å². The van der Waals surface area contributed by atoms with Crippen LogP contribution < -0.4 is 0 Å². The van der Waals surface area contributed by atoms with Crippen molar-refractivity contribution in [3.63, 3.8) is 0 Å². The van der Waals surface area contributed by atoms with E-state index in [1.807, 2.05) is 6.20 Å². The van der Waals surface area contributed by atoms with Crippen LogP contribution in [0.4, 0.5) is 0 Å². The molecule has 0 spiro atoms. The van der Waals surface area contributed by atoms with Gasteiger partial charge >= 0.3 is 0 Å². The Labute approximate surface area is 100.0 Å². The van der Waals surface area contributed by atoms with Gasteiger partial charge in [0, 0.05) is 25.0 Å². The molecule has 0 N–H and O–H groups in total. The Morgan fingerprint density at radius 3 is 2.59 bits per heavy atom. The third-order valence-electron chi connectivity index (χ3n) is 2.82. The summed E-state index contributed by atoms with van der Waals surface area (Å²) in [5.41, 5.74) is 2.27. The molecule has 0 saturated carbocycles. The van der Waals surface area contributed by atoms with Crippen molar-refractivity contribution < 1.29 is 0 Å². The van der Waals surface area contributed by atoms with Crippen LogP contribution in [0.3, 0.4) is 0 Å². The summed E-state index contributed by atoms with van der Waals surface area (Å²) in [4.78, 5) is 8.37. The number of hydrogen-bond donors (Lipinski definition) is 0. The molecule has 3 aromatic rings. The molecule has 82 valence electrons. The zero-order valence-electron chi connectivity index (χ0n) is 9.38. The van der Waals surface area contributed by atoms with Gasteiger partial charge in [0.25, 0.3) is 0 Å². The summed E-state index contributed by atoms with van der Waals surface area (Å²) in [6, 6.07) is 14.9. The van der Waals surface area contributed by atoms with Gasteiger partial charge in [0.1, 0.15) is 0 Å². The Morgan fingerprint density at radius 2 is 1.76 bits per heavy atom. The van der Waals surface area contributed by atoms with E-state index >= 15 is 0 Å². The second kappa shape index (κ2) is 4.34. The molecule has 2 nitrogen and oxygen atoms in total. The summed E-state index contributed by atoms with van der Waals surface area (Å²) in [7, 11) is 0. The van der Waals surface area contributed by atoms with Crippen LogP contribution in [0.2, 0.25) is 0 Å². The van der Waals surface area contributed by atoms with Crippen molar-refractivity contribution in [1.29, 1.82) is 0 Å². The molecule has 1 aromatic heterocycles. The summed E-state index contributed by atoms with van der Waals surface area (Å²) in [6.07, 6.45) is 6.08. The van der Waals surface area contributed by atoms with Crippen molar-refractivity contribution in [2.75, 3.05) is 0 Å². The third-order valence-corrected chi connectivity index (χ3v) is 2.82. The van der Waals surface area contributed by atoms with Gasteiger partial charge in [-0.25, -0.2) is 0 Å². The van der Waals surface area contributed by atoms with E-state index < -0.39 is 0 Å². The highest BCUT2D eigenvalue weighted by molar-refractivity contribution is 5.83. The molecule has 2 aromatic carbocycles. The smallest absolute Gasteiger partial charge is 0.0630 e. The van der Waals surface area contributed by atoms with Crippen molar-refractivity contribution in [2.45, 2.75) is 6.42 Å². The first-order valence-electron chi connectivity index (χ1n) is 5.64. The van der Waals surface area contributed by atoms with Gasteiger partial charge < -0.3 is 0 Å². The maximum absolute atomic E-state index is 4.29. The van der Waals surface area contributed by atoms with Crippen LogP contribution in [0.5, 0.6) is 0 Å². The Hall–Kier alpha value is -2.22. The largest absolute Gasteiger partial charge is 0.261 e. The monoisotopic (exact) mass is 220 g/mol. The molecular weight excluding hydrogens is 208 g/mol. The lowest BCUT2D eigenvalue weighted by atomic mass is 10.0. The van der Waals surface area contributed by atoms with Crippen LogP contribution >= 0.6 is 0 Å². The molecule has 0 radical (unpaired) electrons. The van der Waals surface area contributed by atoms with E-state index in [9.17, 15) is 0 Å². The van der Waals surface area contributed by atoms with E-state index in [-0.39, 0.29) is 0 Å². The Morgan fingerprint density at radius 1 is 0.882 bits per heavy atom. The fourth-order valence-corrected chi connectivity index (χ4v) is 1.98. The van der Waals surface area contributed by atoms with E-state index in [0.29, 0.717) is 0 Å². The molecule has 2 heteroatoms. The molecule has 0 unspecified atom stereocenters. The molecule has 0 saturated heterocycles. The van der Waals surface area contributed by atoms with E-state index in [2.05, 4.69) is 52.4 Å². The van der Waals surface area contributed by atoms with E-state index in [4.69, 9.17) is 0 Å². The molecule has 0 aliphatic heterocycles. The second-order valence-electron chi connectivity index (χ2n) is 4.06. The first kappa shape index (κ1) is 9.97. The molecule has 0 aliphatic carbocycles. The first-order valence-corrected chi connectivity index (χ1v) is 5.64. The van der Waals surface area contributed by atoms with Crippen LogP contribution in [0.15, 0.2) is 61.1 Å². The van der Waals surface area contributed by atoms with Gasteiger partial charge in [0.2, 0.25) is 0 Å². The predicted octanol–water partition coefficient (Wildman–Crippen LogP) is 3.22. The first-order chi connectivity index (χ1) is 8.42. The summed E-state index contributed by atoms with van der Waals surface area (Å²) in [5, 5.41) is 2.55. The lowest BCUT2D eigenvalue weighted by Crippen LogP contribution is -1.92. The van der Waals surface area contributed by atoms with E-state index in [0.717, 1.165) is 12.1 Å². The Kier molecular flexibility index (Phi) is 2.54. The normalized spacial score (nSPS) is 10.6. The van der Waals surface area contributed by atoms with Crippen LogP contribution in [0.25, 0.3) is 10.8 Å². The van der Waals surface area contributed by atoms with Gasteiger partial charge in [0.05, 0.1) is 5.69 Å². The van der Waals surface area contributed by atoms with Gasteiger partial charge in [-0.05, 0) is 16.3 Å². The fourth-order valence-electron chi connectivity index (χ4n) is 1.98. The Bertz CT molecular complexity index is 633. The molecule has 0 atom stereocenters. The second-order valence-corrected chi connectivity index (χ2v) is 4.06. The number of hydrogen-bond acceptors (Lipinski definition) is 2. The molecule has 0 aliphatic rings. The molecule has 17 heavy (non-hydrogen) atoms. The molecule has 1 heterocycles. The third kappa shape index (κ3) is 2.16. The topological polar surface area (TPSA) is 25.8 Å². The van der Waals surface area contributed by atoms with Crippen LogP contribution in [0.1, 0.15) is 11.3 Å². The van der Waals surface area contributed by atoms with Crippen molar-refractivity contribution in [3.05, 3.63) is 72.3 Å². The molecule has 0 fully saturated rings. The summed E-state index contributed by atoms with van der Waals surface area (Å²) >= 11 is 0. The zero-order chi connectivity index (χ0) is 11.5. The van der Waals surface area contributed by atoms with Gasteiger partial charge in [-0.15, -0.1) is 0 Å². The average Bonchev–Trinajstić information content (AvgIpc) is 2.40. The van der Waals surface area contributed by atoms with Crippen LogP contribution in [-0.2, 0) is 6.42 Å². The standard InChI is InChI=1S/C15H12N2/c1-2-4-14-9-12(5-6-13(14)3-1)10-15-11-16-7-8-17-15/h1-9,11H,10H2. The van der Waals surface area contributed by atoms with Crippen molar-refractivity contribution in [3.8, 4) is 0 Å². The molecule has 0 amide bonds. The summed E-state index contributed by atoms with van der Waals surface area (Å²) < 4.78 is 0. The van der Waals surface area contributed by atoms with E-state index in [1.54, 1.807) is 12.4 Å². The molecule has 0 bridgehead atoms. The lowest BCUT2D eigenvalue weighted by Gasteiger charge is -2.03. The van der Waals surface area contributed by atoms with Gasteiger partial charge in [0.15, 0.2) is 0 Å². The summed E-state index contributed by atoms with van der Waals surface area (Å²) in [6.45, 7) is 0. The highest BCUT2D eigenvalue weighted by atomic mass is 14.8. The van der Waals surface area contributed by atoms with Crippen molar-refractivity contribution in [1.82, 2.24) is 9.97 Å². The fraction of sp³-hybridized carbons (Fsp3) is 0.0667. The predicted molar refractivity (Wildman–Crippen MR) is 68.8 cm³/mol. The van der Waals surface area contributed by atoms with Gasteiger partial charge in [-0.3, -0.25) is 9.97 Å². The quantitative estimate of drug-likeness (QED) is 0.662. The minimum Gasteiger partial charge on any atom is -0.261 e. The lowest BCUT2D eigenvalue weighted by molar-refractivity contribution is 1.03. The number of benzene rings is 2. The number of rotatable bonds is 2. The Balaban J connectivity index is 1.96. The van der Waals surface area contributed by atoms with Crippen LogP contribution in [0, 0.1) is 0 Å². The van der Waals surface area contributed by atoms with Crippen molar-refractivity contribution >= 4 is 10.8 Å². The summed E-state index contributed by atoms with van der Waals surface area (Å²) in [5.74, 6) is 0. The number of aromatic nitrogens is 2. The zero-order valence-corrected chi connectivity index (χ0v) is 9.38. The van der Waals surface area contributed by atoms with Crippen LogP contribution in [-0.4, -0.2) is 9.97 Å². The SMILES string of the molecule is c1ccc2cc(Cc3cnccn3)ccc2c1. The highest BCUT2D eigenvalue weighted by Gasteiger charge is 1.99. The minimum absolute atomic E-state index is 0.832. The molecule has 3 rings (SSSR count). The maximum Gasteiger partial charge on any atom is 0.0630 e. The number of nitrogens with zero attached hydrogens (tertiary/aromatic N) is 2. The van der Waals surface area contributed by atoms with E-state index in [1.165, 1.54) is 16.3 Å². The maximum atomic E-state index is 4.29. The molecular formula is C15H12N2. The van der Waals surface area contributed by atoms with Gasteiger partial charge in [-0.2, -0.15) is 0 Å². The average molecular weight is 220 g/mol. The highest BCUT2D eigenvalue weighted by Crippen LogP contribution is 2.17. The minimum atomic E-state index is 0.832. The number of fused-ring (bicyclic) bond motifs is 1.